The van der Waals surface area contributed by atoms with Crippen molar-refractivity contribution < 1.29 is 14.3 Å². The number of hydrogen-bond acceptors (Lipinski definition) is 5. The van der Waals surface area contributed by atoms with Gasteiger partial charge in [-0.15, -0.1) is 0 Å². The van der Waals surface area contributed by atoms with E-state index in [2.05, 4.69) is 10.3 Å². The third-order valence-electron chi connectivity index (χ3n) is 3.70. The van der Waals surface area contributed by atoms with E-state index in [0.717, 1.165) is 10.7 Å². The Morgan fingerprint density at radius 1 is 1.29 bits per heavy atom. The number of imidazole rings is 1. The third-order valence-corrected chi connectivity index (χ3v) is 4.78. The number of aromatic nitrogens is 2. The first-order valence-corrected chi connectivity index (χ1v) is 8.38. The number of ether oxygens (including phenoxy) is 2. The molecule has 0 bridgehead atoms. The maximum absolute atomic E-state index is 12.4. The lowest BCUT2D eigenvalue weighted by atomic mass is 10.2. The van der Waals surface area contributed by atoms with Crippen LogP contribution in [0, 0.1) is 0 Å². The van der Waals surface area contributed by atoms with E-state index >= 15 is 0 Å². The minimum Gasteiger partial charge on any atom is -0.454 e. The Balaban J connectivity index is 1.46. The normalized spacial score (nSPS) is 13.9. The molecule has 0 spiro atoms. The van der Waals surface area contributed by atoms with Crippen molar-refractivity contribution in [3.63, 3.8) is 0 Å². The van der Waals surface area contributed by atoms with E-state index in [1.54, 1.807) is 24.4 Å². The molecule has 1 aliphatic heterocycles. The molecule has 0 fully saturated rings. The van der Waals surface area contributed by atoms with E-state index in [4.69, 9.17) is 9.47 Å². The van der Waals surface area contributed by atoms with Crippen molar-refractivity contribution in [2.45, 2.75) is 17.3 Å². The Morgan fingerprint density at radius 3 is 3.08 bits per heavy atom. The monoisotopic (exact) mass is 341 g/mol. The molecule has 1 amide bonds. The lowest BCUT2D eigenvalue weighted by molar-refractivity contribution is -0.115. The van der Waals surface area contributed by atoms with Crippen molar-refractivity contribution in [2.24, 2.45) is 0 Å². The maximum Gasteiger partial charge on any atom is 0.237 e. The number of benzene rings is 1. The van der Waals surface area contributed by atoms with Crippen molar-refractivity contribution in [2.75, 3.05) is 12.1 Å². The van der Waals surface area contributed by atoms with Gasteiger partial charge in [0.2, 0.25) is 12.7 Å². The van der Waals surface area contributed by atoms with Gasteiger partial charge in [0.1, 0.15) is 0 Å². The van der Waals surface area contributed by atoms with Crippen LogP contribution in [0.5, 0.6) is 11.5 Å². The van der Waals surface area contributed by atoms with Crippen molar-refractivity contribution in [1.82, 2.24) is 9.38 Å². The molecule has 122 valence electrons. The van der Waals surface area contributed by atoms with Gasteiger partial charge in [0, 0.05) is 18.0 Å². The number of nitrogens with one attached hydrogen (secondary N) is 1. The summed E-state index contributed by atoms with van der Waals surface area (Å²) in [4.78, 5) is 16.8. The van der Waals surface area contributed by atoms with Gasteiger partial charge in [-0.1, -0.05) is 17.8 Å². The average Bonchev–Trinajstić information content (AvgIpc) is 3.21. The van der Waals surface area contributed by atoms with Gasteiger partial charge in [0.15, 0.2) is 16.7 Å². The Labute approximate surface area is 142 Å². The number of pyridine rings is 1. The number of carbonyl (C=O) groups excluding carboxylic acids is 1. The lowest BCUT2D eigenvalue weighted by Gasteiger charge is -2.11. The van der Waals surface area contributed by atoms with Gasteiger partial charge >= 0.3 is 0 Å². The van der Waals surface area contributed by atoms with Gasteiger partial charge in [-0.05, 0) is 31.2 Å². The van der Waals surface area contributed by atoms with Crippen molar-refractivity contribution in [3.8, 4) is 11.5 Å². The highest BCUT2D eigenvalue weighted by Crippen LogP contribution is 2.34. The molecule has 0 aliphatic carbocycles. The van der Waals surface area contributed by atoms with Crippen LogP contribution in [0.4, 0.5) is 5.69 Å². The van der Waals surface area contributed by atoms with Gasteiger partial charge in [-0.25, -0.2) is 4.98 Å². The quantitative estimate of drug-likeness (QED) is 0.739. The molecule has 1 unspecified atom stereocenters. The fourth-order valence-electron chi connectivity index (χ4n) is 2.44. The number of fused-ring (bicyclic) bond motifs is 2. The van der Waals surface area contributed by atoms with Crippen LogP contribution in [-0.4, -0.2) is 27.3 Å². The summed E-state index contributed by atoms with van der Waals surface area (Å²) in [6, 6.07) is 11.2. The molecular formula is C17H15N3O3S. The molecule has 0 saturated carbocycles. The molecule has 3 heterocycles. The highest BCUT2D eigenvalue weighted by Gasteiger charge is 2.19. The summed E-state index contributed by atoms with van der Waals surface area (Å²) in [5.74, 6) is 1.25. The van der Waals surface area contributed by atoms with Gasteiger partial charge < -0.3 is 14.8 Å². The summed E-state index contributed by atoms with van der Waals surface area (Å²) < 4.78 is 12.6. The van der Waals surface area contributed by atoms with Crippen LogP contribution in [0.3, 0.4) is 0 Å². The van der Waals surface area contributed by atoms with Crippen LogP contribution in [-0.2, 0) is 4.79 Å². The minimum absolute atomic E-state index is 0.0912. The number of hydrogen-bond donors (Lipinski definition) is 1. The SMILES string of the molecule is CC(Sc1ncc2ccccn12)C(=O)Nc1ccc2c(c1)OCO2. The fourth-order valence-corrected chi connectivity index (χ4v) is 3.31. The smallest absolute Gasteiger partial charge is 0.237 e. The highest BCUT2D eigenvalue weighted by atomic mass is 32.2. The summed E-state index contributed by atoms with van der Waals surface area (Å²) >= 11 is 1.42. The number of nitrogens with zero attached hydrogens (tertiary/aromatic N) is 2. The number of anilines is 1. The van der Waals surface area contributed by atoms with E-state index in [9.17, 15) is 4.79 Å². The second-order valence-electron chi connectivity index (χ2n) is 5.35. The summed E-state index contributed by atoms with van der Waals surface area (Å²) in [5, 5.41) is 3.40. The molecule has 24 heavy (non-hydrogen) atoms. The van der Waals surface area contributed by atoms with Crippen molar-refractivity contribution in [3.05, 3.63) is 48.8 Å². The summed E-state index contributed by atoms with van der Waals surface area (Å²) in [6.45, 7) is 2.07. The first-order chi connectivity index (χ1) is 11.7. The molecule has 0 radical (unpaired) electrons. The second-order valence-corrected chi connectivity index (χ2v) is 6.66. The Hall–Kier alpha value is -2.67. The summed E-state index contributed by atoms with van der Waals surface area (Å²) in [5.41, 5.74) is 1.69. The average molecular weight is 341 g/mol. The molecule has 2 aromatic heterocycles. The molecule has 1 atom stereocenters. The molecule has 1 N–H and O–H groups in total. The van der Waals surface area contributed by atoms with Crippen molar-refractivity contribution >= 4 is 28.9 Å². The van der Waals surface area contributed by atoms with Crippen LogP contribution >= 0.6 is 11.8 Å². The maximum atomic E-state index is 12.4. The van der Waals surface area contributed by atoms with E-state index in [1.807, 2.05) is 35.7 Å². The molecule has 4 rings (SSSR count). The second kappa shape index (κ2) is 6.09. The fraction of sp³-hybridized carbons (Fsp3) is 0.176. The zero-order valence-electron chi connectivity index (χ0n) is 12.9. The van der Waals surface area contributed by atoms with Crippen LogP contribution < -0.4 is 14.8 Å². The Bertz CT molecular complexity index is 909. The largest absolute Gasteiger partial charge is 0.454 e. The predicted molar refractivity (Wildman–Crippen MR) is 91.7 cm³/mol. The van der Waals surface area contributed by atoms with E-state index < -0.39 is 0 Å². The van der Waals surface area contributed by atoms with E-state index in [-0.39, 0.29) is 18.0 Å². The standard InChI is InChI=1S/C17H15N3O3S/c1-11(24-17-18-9-13-4-2-3-7-20(13)17)16(21)19-12-5-6-14-15(8-12)23-10-22-14/h2-9,11H,10H2,1H3,(H,19,21). The zero-order valence-corrected chi connectivity index (χ0v) is 13.7. The van der Waals surface area contributed by atoms with Crippen LogP contribution in [0.25, 0.3) is 5.52 Å². The summed E-state index contributed by atoms with van der Waals surface area (Å²) in [7, 11) is 0. The number of thioether (sulfide) groups is 1. The van der Waals surface area contributed by atoms with E-state index in [1.165, 1.54) is 11.8 Å². The third kappa shape index (κ3) is 2.78. The Morgan fingerprint density at radius 2 is 2.17 bits per heavy atom. The van der Waals surface area contributed by atoms with Crippen LogP contribution in [0.1, 0.15) is 6.92 Å². The summed E-state index contributed by atoms with van der Waals surface area (Å²) in [6.07, 6.45) is 3.73. The lowest BCUT2D eigenvalue weighted by Crippen LogP contribution is -2.22. The Kier molecular flexibility index (Phi) is 3.78. The molecule has 7 heteroatoms. The van der Waals surface area contributed by atoms with Gasteiger partial charge in [0.25, 0.3) is 0 Å². The van der Waals surface area contributed by atoms with Crippen molar-refractivity contribution in [1.29, 1.82) is 0 Å². The highest BCUT2D eigenvalue weighted by molar-refractivity contribution is 8.00. The molecular weight excluding hydrogens is 326 g/mol. The molecule has 0 saturated heterocycles. The molecule has 6 nitrogen and oxygen atoms in total. The van der Waals surface area contributed by atoms with Gasteiger partial charge in [-0.2, -0.15) is 0 Å². The number of carbonyl (C=O) groups is 1. The van der Waals surface area contributed by atoms with Crippen LogP contribution in [0.15, 0.2) is 53.9 Å². The van der Waals surface area contributed by atoms with E-state index in [0.29, 0.717) is 17.2 Å². The molecule has 3 aromatic rings. The number of amides is 1. The first-order valence-electron chi connectivity index (χ1n) is 7.50. The minimum atomic E-state index is -0.291. The number of rotatable bonds is 4. The zero-order chi connectivity index (χ0) is 16.5. The van der Waals surface area contributed by atoms with Gasteiger partial charge in [-0.3, -0.25) is 9.20 Å². The topological polar surface area (TPSA) is 64.9 Å². The first kappa shape index (κ1) is 14.9. The van der Waals surface area contributed by atoms with Crippen LogP contribution in [0.2, 0.25) is 0 Å². The molecule has 1 aromatic carbocycles. The van der Waals surface area contributed by atoms with Gasteiger partial charge in [0.05, 0.1) is 17.0 Å². The predicted octanol–water partition coefficient (Wildman–Crippen LogP) is 3.18. The molecule has 1 aliphatic rings.